The van der Waals surface area contributed by atoms with Crippen LogP contribution in [-0.4, -0.2) is 79.1 Å². The smallest absolute Gasteiger partial charge is 0.318 e. The van der Waals surface area contributed by atoms with Crippen LogP contribution in [0.1, 0.15) is 64.9 Å². The SMILES string of the molecule is CC(C)(C)NC(=O)C(=O)[C@@H](COCc1ccccc1)NC(=O)[C@H](CC1CCCCC1)NC(=O)N1CCOCC1. The molecular weight excluding hydrogens is 500 g/mol. The van der Waals surface area contributed by atoms with Crippen LogP contribution < -0.4 is 16.0 Å². The molecular formula is C29H44N4O6. The molecule has 0 spiro atoms. The van der Waals surface area contributed by atoms with Crippen molar-refractivity contribution in [3.05, 3.63) is 35.9 Å². The fourth-order valence-corrected chi connectivity index (χ4v) is 4.88. The second kappa shape index (κ2) is 15.0. The van der Waals surface area contributed by atoms with Crippen molar-refractivity contribution in [3.8, 4) is 0 Å². The van der Waals surface area contributed by atoms with Gasteiger partial charge in [-0.25, -0.2) is 4.79 Å². The lowest BCUT2D eigenvalue weighted by atomic mass is 9.84. The molecule has 2 fully saturated rings. The van der Waals surface area contributed by atoms with Crippen molar-refractivity contribution in [1.82, 2.24) is 20.9 Å². The Morgan fingerprint density at radius 1 is 0.974 bits per heavy atom. The van der Waals surface area contributed by atoms with E-state index >= 15 is 0 Å². The van der Waals surface area contributed by atoms with E-state index in [1.54, 1.807) is 25.7 Å². The van der Waals surface area contributed by atoms with Crippen LogP contribution in [-0.2, 0) is 30.5 Å². The van der Waals surface area contributed by atoms with Crippen molar-refractivity contribution in [3.63, 3.8) is 0 Å². The zero-order valence-electron chi connectivity index (χ0n) is 23.5. The molecule has 1 aliphatic heterocycles. The van der Waals surface area contributed by atoms with Gasteiger partial charge in [0.2, 0.25) is 11.7 Å². The van der Waals surface area contributed by atoms with Gasteiger partial charge < -0.3 is 30.3 Å². The summed E-state index contributed by atoms with van der Waals surface area (Å²) in [6, 6.07) is 7.08. The number of hydrogen-bond acceptors (Lipinski definition) is 6. The standard InChI is InChI=1S/C29H44N4O6/c1-29(2,3)32-27(36)25(34)24(20-39-19-22-12-8-5-9-13-22)30-26(35)23(18-21-10-6-4-7-11-21)31-28(37)33-14-16-38-17-15-33/h5,8-9,12-13,21,23-24H,4,6-7,10-11,14-20H2,1-3H3,(H,30,35)(H,31,37)(H,32,36)/t23-,24+/m0/s1. The van der Waals surface area contributed by atoms with Gasteiger partial charge in [-0.3, -0.25) is 14.4 Å². The third kappa shape index (κ3) is 10.6. The van der Waals surface area contributed by atoms with E-state index in [9.17, 15) is 19.2 Å². The highest BCUT2D eigenvalue weighted by molar-refractivity contribution is 6.38. The van der Waals surface area contributed by atoms with E-state index in [0.29, 0.717) is 38.6 Å². The van der Waals surface area contributed by atoms with Gasteiger partial charge in [0.05, 0.1) is 26.4 Å². The van der Waals surface area contributed by atoms with Crippen LogP contribution >= 0.6 is 0 Å². The van der Waals surface area contributed by atoms with Crippen LogP contribution in [0.5, 0.6) is 0 Å². The summed E-state index contributed by atoms with van der Waals surface area (Å²) >= 11 is 0. The van der Waals surface area contributed by atoms with Crippen molar-refractivity contribution >= 4 is 23.6 Å². The van der Waals surface area contributed by atoms with Crippen LogP contribution in [0.25, 0.3) is 0 Å². The second-order valence-electron chi connectivity index (χ2n) is 11.5. The molecule has 1 saturated carbocycles. The summed E-state index contributed by atoms with van der Waals surface area (Å²) in [5.74, 6) is -1.78. The summed E-state index contributed by atoms with van der Waals surface area (Å²) < 4.78 is 11.1. The van der Waals surface area contributed by atoms with Crippen LogP contribution in [0.4, 0.5) is 4.79 Å². The highest BCUT2D eigenvalue weighted by Gasteiger charge is 2.34. The number of morpholine rings is 1. The molecule has 0 unspecified atom stereocenters. The number of hydrogen-bond donors (Lipinski definition) is 3. The van der Waals surface area contributed by atoms with E-state index in [2.05, 4.69) is 16.0 Å². The van der Waals surface area contributed by atoms with Gasteiger partial charge in [0.1, 0.15) is 12.1 Å². The van der Waals surface area contributed by atoms with Crippen molar-refractivity contribution < 1.29 is 28.7 Å². The third-order valence-electron chi connectivity index (χ3n) is 6.95. The number of rotatable bonds is 11. The molecule has 1 aliphatic carbocycles. The minimum atomic E-state index is -1.20. The van der Waals surface area contributed by atoms with E-state index < -0.39 is 35.2 Å². The Kier molecular flexibility index (Phi) is 11.7. The first kappa shape index (κ1) is 30.6. The molecule has 1 aromatic carbocycles. The second-order valence-corrected chi connectivity index (χ2v) is 11.5. The number of Topliss-reactive ketones (excluding diaryl/α,β-unsaturated/α-hetero) is 1. The average molecular weight is 545 g/mol. The van der Waals surface area contributed by atoms with Gasteiger partial charge in [0.25, 0.3) is 5.91 Å². The van der Waals surface area contributed by atoms with Crippen LogP contribution in [0, 0.1) is 5.92 Å². The molecule has 0 aromatic heterocycles. The lowest BCUT2D eigenvalue weighted by molar-refractivity contribution is -0.142. The van der Waals surface area contributed by atoms with Crippen LogP contribution in [0.2, 0.25) is 0 Å². The number of ether oxygens (including phenoxy) is 2. The highest BCUT2D eigenvalue weighted by atomic mass is 16.5. The number of nitrogens with zero attached hydrogens (tertiary/aromatic N) is 1. The molecule has 1 heterocycles. The normalized spacial score (nSPS) is 18.1. The maximum Gasteiger partial charge on any atom is 0.318 e. The number of amides is 4. The van der Waals surface area contributed by atoms with E-state index in [-0.39, 0.29) is 19.2 Å². The zero-order chi connectivity index (χ0) is 28.3. The minimum Gasteiger partial charge on any atom is -0.378 e. The predicted molar refractivity (Wildman–Crippen MR) is 147 cm³/mol. The lowest BCUT2D eigenvalue weighted by Crippen LogP contribution is -2.58. The first-order valence-electron chi connectivity index (χ1n) is 14.0. The summed E-state index contributed by atoms with van der Waals surface area (Å²) in [7, 11) is 0. The van der Waals surface area contributed by atoms with Gasteiger partial charge in [0, 0.05) is 18.6 Å². The Hall–Kier alpha value is -2.98. The topological polar surface area (TPSA) is 126 Å². The molecule has 2 aliphatic rings. The zero-order valence-corrected chi connectivity index (χ0v) is 23.5. The van der Waals surface area contributed by atoms with Crippen molar-refractivity contribution in [1.29, 1.82) is 0 Å². The fourth-order valence-electron chi connectivity index (χ4n) is 4.88. The van der Waals surface area contributed by atoms with Crippen LogP contribution in [0.15, 0.2) is 30.3 Å². The van der Waals surface area contributed by atoms with Crippen molar-refractivity contribution in [2.45, 2.75) is 83.5 Å². The van der Waals surface area contributed by atoms with Crippen molar-refractivity contribution in [2.75, 3.05) is 32.9 Å². The summed E-state index contributed by atoms with van der Waals surface area (Å²) in [5, 5.41) is 8.30. The molecule has 216 valence electrons. The molecule has 10 heteroatoms. The van der Waals surface area contributed by atoms with Gasteiger partial charge in [-0.05, 0) is 38.7 Å². The molecule has 1 saturated heterocycles. The molecule has 4 amide bonds. The summed E-state index contributed by atoms with van der Waals surface area (Å²) in [4.78, 5) is 54.1. The first-order chi connectivity index (χ1) is 18.6. The maximum absolute atomic E-state index is 13.6. The average Bonchev–Trinajstić information content (AvgIpc) is 2.92. The Morgan fingerprint density at radius 3 is 2.28 bits per heavy atom. The molecule has 3 rings (SSSR count). The third-order valence-corrected chi connectivity index (χ3v) is 6.95. The highest BCUT2D eigenvalue weighted by Crippen LogP contribution is 2.27. The quantitative estimate of drug-likeness (QED) is 0.368. The lowest BCUT2D eigenvalue weighted by Gasteiger charge is -2.31. The van der Waals surface area contributed by atoms with E-state index in [0.717, 1.165) is 31.2 Å². The molecule has 1 aromatic rings. The van der Waals surface area contributed by atoms with Crippen LogP contribution in [0.3, 0.4) is 0 Å². The predicted octanol–water partition coefficient (Wildman–Crippen LogP) is 2.55. The number of nitrogens with one attached hydrogen (secondary N) is 3. The van der Waals surface area contributed by atoms with Crippen molar-refractivity contribution in [2.24, 2.45) is 5.92 Å². The number of urea groups is 1. The Bertz CT molecular complexity index is 952. The van der Waals surface area contributed by atoms with E-state index in [1.165, 1.54) is 6.42 Å². The van der Waals surface area contributed by atoms with Gasteiger partial charge in [-0.15, -0.1) is 0 Å². The number of carbonyl (C=O) groups is 4. The Balaban J connectivity index is 1.72. The Labute approximate surface area is 231 Å². The maximum atomic E-state index is 13.6. The van der Waals surface area contributed by atoms with E-state index in [1.807, 2.05) is 30.3 Å². The number of ketones is 1. The summed E-state index contributed by atoms with van der Waals surface area (Å²) in [6.45, 7) is 7.18. The van der Waals surface area contributed by atoms with Gasteiger partial charge in [-0.2, -0.15) is 0 Å². The molecule has 0 bridgehead atoms. The molecule has 2 atom stereocenters. The minimum absolute atomic E-state index is 0.176. The largest absolute Gasteiger partial charge is 0.378 e. The Morgan fingerprint density at radius 2 is 1.64 bits per heavy atom. The molecule has 10 nitrogen and oxygen atoms in total. The number of benzene rings is 1. The number of carbonyl (C=O) groups excluding carboxylic acids is 4. The van der Waals surface area contributed by atoms with Gasteiger partial charge in [0.15, 0.2) is 0 Å². The fraction of sp³-hybridized carbons (Fsp3) is 0.655. The molecule has 0 radical (unpaired) electrons. The van der Waals surface area contributed by atoms with Gasteiger partial charge >= 0.3 is 6.03 Å². The summed E-state index contributed by atoms with van der Waals surface area (Å²) in [6.07, 6.45) is 5.82. The van der Waals surface area contributed by atoms with Gasteiger partial charge in [-0.1, -0.05) is 62.4 Å². The van der Waals surface area contributed by atoms with E-state index in [4.69, 9.17) is 9.47 Å². The molecule has 39 heavy (non-hydrogen) atoms. The monoisotopic (exact) mass is 544 g/mol. The first-order valence-corrected chi connectivity index (χ1v) is 14.0. The summed E-state index contributed by atoms with van der Waals surface area (Å²) in [5.41, 5.74) is 0.282. The molecule has 3 N–H and O–H groups in total.